The van der Waals surface area contributed by atoms with Crippen molar-refractivity contribution in [1.82, 2.24) is 15.1 Å². The number of hydrogen-bond donors (Lipinski definition) is 3. The lowest BCUT2D eigenvalue weighted by Crippen LogP contribution is -2.50. The van der Waals surface area contributed by atoms with Crippen LogP contribution >= 0.6 is 0 Å². The van der Waals surface area contributed by atoms with Crippen LogP contribution in [0.15, 0.2) is 0 Å². The largest absolute Gasteiger partial charge is 0.480 e. The first-order valence-corrected chi connectivity index (χ1v) is 7.17. The number of carbonyl (C=O) groups excluding carboxylic acids is 1. The Labute approximate surface area is 118 Å². The van der Waals surface area contributed by atoms with Crippen molar-refractivity contribution < 1.29 is 19.8 Å². The molecule has 114 valence electrons. The Kier molecular flexibility index (Phi) is 4.82. The molecule has 2 heterocycles. The monoisotopic (exact) mass is 285 g/mol. The number of carboxylic acid groups (broad SMARTS) is 1. The molecule has 2 amide bonds. The SMILES string of the molecule is CC(CN1CCCC1)NC(=O)N1C[C@H](O)C[C@@H]1C(=O)O. The fourth-order valence-electron chi connectivity index (χ4n) is 2.96. The number of aliphatic hydroxyl groups is 1. The van der Waals surface area contributed by atoms with Crippen LogP contribution in [-0.2, 0) is 4.79 Å². The average molecular weight is 285 g/mol. The van der Waals surface area contributed by atoms with Gasteiger partial charge in [-0.05, 0) is 32.9 Å². The van der Waals surface area contributed by atoms with Gasteiger partial charge in [0.2, 0.25) is 0 Å². The maximum Gasteiger partial charge on any atom is 0.326 e. The van der Waals surface area contributed by atoms with Gasteiger partial charge in [0.15, 0.2) is 0 Å². The van der Waals surface area contributed by atoms with Gasteiger partial charge < -0.3 is 25.3 Å². The van der Waals surface area contributed by atoms with Crippen molar-refractivity contribution in [2.24, 2.45) is 0 Å². The van der Waals surface area contributed by atoms with Gasteiger partial charge in [0, 0.05) is 25.6 Å². The smallest absolute Gasteiger partial charge is 0.326 e. The van der Waals surface area contributed by atoms with Crippen LogP contribution in [0, 0.1) is 0 Å². The molecule has 1 unspecified atom stereocenters. The third-order valence-electron chi connectivity index (χ3n) is 3.93. The number of hydrogen-bond acceptors (Lipinski definition) is 4. The molecule has 2 aliphatic heterocycles. The third-order valence-corrected chi connectivity index (χ3v) is 3.93. The number of aliphatic carboxylic acids is 1. The maximum atomic E-state index is 12.1. The molecule has 0 bridgehead atoms. The van der Waals surface area contributed by atoms with Crippen LogP contribution in [0.2, 0.25) is 0 Å². The molecule has 7 nitrogen and oxygen atoms in total. The minimum absolute atomic E-state index is 0.0345. The van der Waals surface area contributed by atoms with E-state index in [0.717, 1.165) is 19.6 Å². The molecule has 2 fully saturated rings. The average Bonchev–Trinajstić information content (AvgIpc) is 2.97. The van der Waals surface area contributed by atoms with Crippen molar-refractivity contribution in [3.05, 3.63) is 0 Å². The van der Waals surface area contributed by atoms with E-state index >= 15 is 0 Å². The molecule has 2 aliphatic rings. The van der Waals surface area contributed by atoms with E-state index in [9.17, 15) is 14.7 Å². The summed E-state index contributed by atoms with van der Waals surface area (Å²) in [5, 5.41) is 21.4. The summed E-state index contributed by atoms with van der Waals surface area (Å²) in [6.07, 6.45) is 1.74. The highest BCUT2D eigenvalue weighted by molar-refractivity contribution is 5.83. The van der Waals surface area contributed by atoms with Crippen LogP contribution in [0.1, 0.15) is 26.2 Å². The zero-order valence-electron chi connectivity index (χ0n) is 11.8. The molecule has 3 N–H and O–H groups in total. The van der Waals surface area contributed by atoms with Gasteiger partial charge in [0.25, 0.3) is 0 Å². The van der Waals surface area contributed by atoms with Gasteiger partial charge >= 0.3 is 12.0 Å². The Morgan fingerprint density at radius 1 is 1.35 bits per heavy atom. The number of urea groups is 1. The summed E-state index contributed by atoms with van der Waals surface area (Å²) in [5.41, 5.74) is 0. The van der Waals surface area contributed by atoms with Gasteiger partial charge in [-0.3, -0.25) is 0 Å². The highest BCUT2D eigenvalue weighted by atomic mass is 16.4. The highest BCUT2D eigenvalue weighted by Gasteiger charge is 2.39. The van der Waals surface area contributed by atoms with Crippen molar-refractivity contribution >= 4 is 12.0 Å². The molecule has 0 aromatic rings. The summed E-state index contributed by atoms with van der Waals surface area (Å²) in [6.45, 7) is 4.89. The molecule has 0 aromatic heterocycles. The van der Waals surface area contributed by atoms with Crippen LogP contribution < -0.4 is 5.32 Å². The van der Waals surface area contributed by atoms with Gasteiger partial charge in [-0.2, -0.15) is 0 Å². The molecule has 0 radical (unpaired) electrons. The lowest BCUT2D eigenvalue weighted by Gasteiger charge is -2.26. The molecule has 2 saturated heterocycles. The van der Waals surface area contributed by atoms with Crippen molar-refractivity contribution in [3.63, 3.8) is 0 Å². The lowest BCUT2D eigenvalue weighted by atomic mass is 10.2. The van der Waals surface area contributed by atoms with E-state index in [2.05, 4.69) is 10.2 Å². The van der Waals surface area contributed by atoms with Gasteiger partial charge in [0.05, 0.1) is 6.10 Å². The van der Waals surface area contributed by atoms with Crippen molar-refractivity contribution in [3.8, 4) is 0 Å². The number of nitrogens with zero attached hydrogens (tertiary/aromatic N) is 2. The first-order valence-electron chi connectivity index (χ1n) is 7.17. The fourth-order valence-corrected chi connectivity index (χ4v) is 2.96. The molecule has 0 aliphatic carbocycles. The van der Waals surface area contributed by atoms with E-state index < -0.39 is 24.1 Å². The second-order valence-corrected chi connectivity index (χ2v) is 5.75. The van der Waals surface area contributed by atoms with Crippen LogP contribution in [0.3, 0.4) is 0 Å². The number of aliphatic hydroxyl groups excluding tert-OH is 1. The lowest BCUT2D eigenvalue weighted by molar-refractivity contribution is -0.141. The Morgan fingerprint density at radius 3 is 2.60 bits per heavy atom. The molecule has 3 atom stereocenters. The van der Waals surface area contributed by atoms with E-state index in [1.807, 2.05) is 6.92 Å². The van der Waals surface area contributed by atoms with Gasteiger partial charge in [-0.25, -0.2) is 9.59 Å². The number of likely N-dealkylation sites (tertiary alicyclic amines) is 2. The molecule has 7 heteroatoms. The van der Waals surface area contributed by atoms with E-state index in [1.54, 1.807) is 0 Å². The summed E-state index contributed by atoms with van der Waals surface area (Å²) in [6, 6.07) is -1.36. The minimum atomic E-state index is -1.07. The quantitative estimate of drug-likeness (QED) is 0.659. The predicted molar refractivity (Wildman–Crippen MR) is 72.4 cm³/mol. The number of carboxylic acids is 1. The number of amides is 2. The van der Waals surface area contributed by atoms with Crippen molar-refractivity contribution in [2.45, 2.75) is 44.4 Å². The van der Waals surface area contributed by atoms with Gasteiger partial charge in [-0.1, -0.05) is 0 Å². The number of β-amino-alcohol motifs (C(OH)–C–C–N with tert-alkyl or cyclic N) is 1. The summed E-state index contributed by atoms with van der Waals surface area (Å²) in [7, 11) is 0. The number of rotatable bonds is 4. The van der Waals surface area contributed by atoms with Crippen molar-refractivity contribution in [1.29, 1.82) is 0 Å². The second-order valence-electron chi connectivity index (χ2n) is 5.75. The van der Waals surface area contributed by atoms with Gasteiger partial charge in [-0.15, -0.1) is 0 Å². The Morgan fingerprint density at radius 2 is 2.00 bits per heavy atom. The molecule has 0 spiro atoms. The van der Waals surface area contributed by atoms with Crippen LogP contribution in [0.25, 0.3) is 0 Å². The fraction of sp³-hybridized carbons (Fsp3) is 0.846. The topological polar surface area (TPSA) is 93.1 Å². The van der Waals surface area contributed by atoms with Crippen LogP contribution in [0.5, 0.6) is 0 Å². The minimum Gasteiger partial charge on any atom is -0.480 e. The first-order chi connectivity index (χ1) is 9.47. The highest BCUT2D eigenvalue weighted by Crippen LogP contribution is 2.18. The van der Waals surface area contributed by atoms with E-state index in [0.29, 0.717) is 0 Å². The first kappa shape index (κ1) is 15.1. The van der Waals surface area contributed by atoms with E-state index in [-0.39, 0.29) is 19.0 Å². The maximum absolute atomic E-state index is 12.1. The van der Waals surface area contributed by atoms with E-state index in [1.165, 1.54) is 17.7 Å². The molecule has 0 aromatic carbocycles. The normalized spacial score (nSPS) is 28.6. The summed E-state index contributed by atoms with van der Waals surface area (Å²) in [5.74, 6) is -1.07. The molecule has 0 saturated carbocycles. The standard InChI is InChI=1S/C13H23N3O4/c1-9(7-15-4-2-3-5-15)14-13(20)16-8-10(17)6-11(16)12(18)19/h9-11,17H,2-8H2,1H3,(H,14,20)(H,18,19)/t9?,10-,11-/m1/s1. The predicted octanol–water partition coefficient (Wildman–Crippen LogP) is -0.300. The Balaban J connectivity index is 1.85. The Hall–Kier alpha value is -1.34. The summed E-state index contributed by atoms with van der Waals surface area (Å²) in [4.78, 5) is 26.7. The second kappa shape index (κ2) is 6.41. The molecular weight excluding hydrogens is 262 g/mol. The molecular formula is C13H23N3O4. The van der Waals surface area contributed by atoms with Crippen molar-refractivity contribution in [2.75, 3.05) is 26.2 Å². The van der Waals surface area contributed by atoms with Crippen LogP contribution in [-0.4, -0.2) is 76.4 Å². The van der Waals surface area contributed by atoms with Crippen LogP contribution in [0.4, 0.5) is 4.79 Å². The molecule has 20 heavy (non-hydrogen) atoms. The number of nitrogens with one attached hydrogen (secondary N) is 1. The molecule has 2 rings (SSSR count). The van der Waals surface area contributed by atoms with Gasteiger partial charge in [0.1, 0.15) is 6.04 Å². The van der Waals surface area contributed by atoms with E-state index in [4.69, 9.17) is 5.11 Å². The zero-order chi connectivity index (χ0) is 14.7. The zero-order valence-corrected chi connectivity index (χ0v) is 11.8. The summed E-state index contributed by atoms with van der Waals surface area (Å²) < 4.78 is 0. The Bertz CT molecular complexity index is 371. The number of carbonyl (C=O) groups is 2. The third kappa shape index (κ3) is 3.61. The summed E-state index contributed by atoms with van der Waals surface area (Å²) >= 11 is 0.